The zero-order chi connectivity index (χ0) is 18.0. The van der Waals surface area contributed by atoms with E-state index in [9.17, 15) is 13.2 Å². The zero-order valence-corrected chi connectivity index (χ0v) is 15.0. The summed E-state index contributed by atoms with van der Waals surface area (Å²) in [5.74, 6) is -0.370. The first kappa shape index (κ1) is 18.2. The molecule has 2 rings (SSSR count). The topological polar surface area (TPSA) is 72.5 Å². The van der Waals surface area contributed by atoms with E-state index in [1.165, 1.54) is 19.2 Å². The minimum absolute atomic E-state index is 0.155. The monoisotopic (exact) mass is 347 g/mol. The van der Waals surface area contributed by atoms with Gasteiger partial charge in [-0.1, -0.05) is 36.4 Å². The molecule has 0 saturated carbocycles. The van der Waals surface area contributed by atoms with Gasteiger partial charge in [0, 0.05) is 19.1 Å². The van der Waals surface area contributed by atoms with Crippen molar-refractivity contribution in [3.63, 3.8) is 0 Å². The van der Waals surface area contributed by atoms with Crippen LogP contribution in [-0.2, 0) is 25.0 Å². The van der Waals surface area contributed by atoms with E-state index in [4.69, 9.17) is 4.74 Å². The van der Waals surface area contributed by atoms with E-state index in [1.54, 1.807) is 19.9 Å². The molecule has 0 aliphatic carbocycles. The maximum absolute atomic E-state index is 12.8. The maximum Gasteiger partial charge on any atom is 0.260 e. The highest BCUT2D eigenvalue weighted by Gasteiger charge is 2.35. The Hall–Kier alpha value is -2.18. The fourth-order valence-corrected chi connectivity index (χ4v) is 2.95. The molecular weight excluding hydrogens is 326 g/mol. The number of hydrogen-bond donors (Lipinski definition) is 1. The zero-order valence-electron chi connectivity index (χ0n) is 14.2. The molecule has 1 atom stereocenters. The summed E-state index contributed by atoms with van der Waals surface area (Å²) in [6, 6.07) is 13.8. The summed E-state index contributed by atoms with van der Waals surface area (Å²) in [5.41, 5.74) is 0.737. The van der Waals surface area contributed by atoms with Crippen molar-refractivity contribution in [1.82, 2.24) is 0 Å². The SMILES string of the molecule is CO[C@@](C)(C(=O)Nc1cc(S(C)(=O)=O)ccc1C)c1ccccc1. The number of benzene rings is 2. The Morgan fingerprint density at radius 1 is 1.12 bits per heavy atom. The second-order valence-electron chi connectivity index (χ2n) is 5.81. The summed E-state index contributed by atoms with van der Waals surface area (Å²) < 4.78 is 28.9. The van der Waals surface area contributed by atoms with E-state index in [2.05, 4.69) is 5.32 Å². The van der Waals surface area contributed by atoms with Gasteiger partial charge in [-0.2, -0.15) is 0 Å². The van der Waals surface area contributed by atoms with Crippen LogP contribution in [0.4, 0.5) is 5.69 Å². The van der Waals surface area contributed by atoms with Crippen molar-refractivity contribution in [3.05, 3.63) is 59.7 Å². The van der Waals surface area contributed by atoms with E-state index in [1.807, 2.05) is 30.3 Å². The molecule has 0 saturated heterocycles. The van der Waals surface area contributed by atoms with E-state index >= 15 is 0 Å². The lowest BCUT2D eigenvalue weighted by molar-refractivity contribution is -0.136. The molecule has 0 aliphatic heterocycles. The van der Waals surface area contributed by atoms with Crippen molar-refractivity contribution in [3.8, 4) is 0 Å². The van der Waals surface area contributed by atoms with Crippen LogP contribution < -0.4 is 5.32 Å². The Morgan fingerprint density at radius 2 is 1.75 bits per heavy atom. The highest BCUT2D eigenvalue weighted by Crippen LogP contribution is 2.28. The van der Waals surface area contributed by atoms with E-state index in [-0.39, 0.29) is 10.8 Å². The molecule has 1 N–H and O–H groups in total. The van der Waals surface area contributed by atoms with Crippen molar-refractivity contribution in [2.24, 2.45) is 0 Å². The molecule has 24 heavy (non-hydrogen) atoms. The molecule has 0 heterocycles. The third-order valence-corrected chi connectivity index (χ3v) is 5.16. The summed E-state index contributed by atoms with van der Waals surface area (Å²) in [5, 5.41) is 2.78. The Labute approximate surface area is 142 Å². The lowest BCUT2D eigenvalue weighted by Gasteiger charge is -2.27. The number of amides is 1. The van der Waals surface area contributed by atoms with Crippen molar-refractivity contribution >= 4 is 21.4 Å². The number of anilines is 1. The second kappa shape index (κ2) is 6.75. The molecule has 0 bridgehead atoms. The van der Waals surface area contributed by atoms with Crippen LogP contribution in [0.5, 0.6) is 0 Å². The number of sulfone groups is 1. The molecule has 2 aromatic rings. The largest absolute Gasteiger partial charge is 0.364 e. The van der Waals surface area contributed by atoms with Gasteiger partial charge in [0.05, 0.1) is 4.90 Å². The Kier molecular flexibility index (Phi) is 5.11. The van der Waals surface area contributed by atoms with Gasteiger partial charge in [0.1, 0.15) is 0 Å². The minimum atomic E-state index is -3.35. The quantitative estimate of drug-likeness (QED) is 0.903. The van der Waals surface area contributed by atoms with Gasteiger partial charge in [0.2, 0.25) is 0 Å². The van der Waals surface area contributed by atoms with Crippen LogP contribution in [-0.4, -0.2) is 27.7 Å². The fourth-order valence-electron chi connectivity index (χ4n) is 2.31. The molecule has 2 aromatic carbocycles. The predicted octanol–water partition coefficient (Wildman–Crippen LogP) is 2.90. The van der Waals surface area contributed by atoms with Gasteiger partial charge in [-0.15, -0.1) is 0 Å². The first-order chi connectivity index (χ1) is 11.2. The number of carbonyl (C=O) groups is 1. The summed E-state index contributed by atoms with van der Waals surface area (Å²) in [7, 11) is -1.89. The number of hydrogen-bond acceptors (Lipinski definition) is 4. The normalized spacial score (nSPS) is 14.0. The van der Waals surface area contributed by atoms with Crippen molar-refractivity contribution in [1.29, 1.82) is 0 Å². The van der Waals surface area contributed by atoms with E-state index in [0.29, 0.717) is 11.3 Å². The highest BCUT2D eigenvalue weighted by molar-refractivity contribution is 7.90. The standard InChI is InChI=1S/C18H21NO4S/c1-13-10-11-15(24(4,21)22)12-16(13)19-17(20)18(2,23-3)14-8-6-5-7-9-14/h5-12H,1-4H3,(H,19,20)/t18-/m1/s1. The van der Waals surface area contributed by atoms with Crippen molar-refractivity contribution < 1.29 is 17.9 Å². The molecule has 0 aliphatic rings. The van der Waals surface area contributed by atoms with Gasteiger partial charge in [0.25, 0.3) is 5.91 Å². The van der Waals surface area contributed by atoms with E-state index in [0.717, 1.165) is 11.8 Å². The molecule has 0 radical (unpaired) electrons. The number of ether oxygens (including phenoxy) is 1. The van der Waals surface area contributed by atoms with Crippen molar-refractivity contribution in [2.45, 2.75) is 24.3 Å². The number of carbonyl (C=O) groups excluding carboxylic acids is 1. The number of nitrogens with one attached hydrogen (secondary N) is 1. The fraction of sp³-hybridized carbons (Fsp3) is 0.278. The summed E-state index contributed by atoms with van der Waals surface area (Å²) in [6.07, 6.45) is 1.13. The molecule has 1 amide bonds. The number of rotatable bonds is 5. The highest BCUT2D eigenvalue weighted by atomic mass is 32.2. The average molecular weight is 347 g/mol. The number of methoxy groups -OCH3 is 1. The smallest absolute Gasteiger partial charge is 0.260 e. The van der Waals surface area contributed by atoms with Gasteiger partial charge < -0.3 is 10.1 Å². The van der Waals surface area contributed by atoms with Gasteiger partial charge in [-0.25, -0.2) is 8.42 Å². The third kappa shape index (κ3) is 3.66. The molecule has 6 heteroatoms. The van der Waals surface area contributed by atoms with Gasteiger partial charge >= 0.3 is 0 Å². The first-order valence-electron chi connectivity index (χ1n) is 7.41. The molecule has 128 valence electrons. The Balaban J connectivity index is 2.38. The van der Waals surface area contributed by atoms with Crippen LogP contribution in [0.2, 0.25) is 0 Å². The van der Waals surface area contributed by atoms with Gasteiger partial charge in [0.15, 0.2) is 15.4 Å². The molecule has 5 nitrogen and oxygen atoms in total. The predicted molar refractivity (Wildman–Crippen MR) is 93.7 cm³/mol. The lowest BCUT2D eigenvalue weighted by Crippen LogP contribution is -2.39. The minimum Gasteiger partial charge on any atom is -0.364 e. The van der Waals surface area contributed by atoms with E-state index < -0.39 is 15.4 Å². The van der Waals surface area contributed by atoms with Gasteiger partial charge in [-0.05, 0) is 37.1 Å². The number of aryl methyl sites for hydroxylation is 1. The van der Waals surface area contributed by atoms with Gasteiger partial charge in [-0.3, -0.25) is 4.79 Å². The lowest BCUT2D eigenvalue weighted by atomic mass is 9.94. The Morgan fingerprint density at radius 3 is 2.29 bits per heavy atom. The van der Waals surface area contributed by atoms with Crippen LogP contribution in [0.25, 0.3) is 0 Å². The van der Waals surface area contributed by atoms with Crippen LogP contribution in [0.3, 0.4) is 0 Å². The third-order valence-electron chi connectivity index (χ3n) is 4.05. The van der Waals surface area contributed by atoms with Crippen LogP contribution in [0.1, 0.15) is 18.1 Å². The summed E-state index contributed by atoms with van der Waals surface area (Å²) >= 11 is 0. The second-order valence-corrected chi connectivity index (χ2v) is 7.82. The van der Waals surface area contributed by atoms with Crippen LogP contribution >= 0.6 is 0 Å². The van der Waals surface area contributed by atoms with Crippen LogP contribution in [0, 0.1) is 6.92 Å². The molecule has 0 unspecified atom stereocenters. The molecule has 0 spiro atoms. The average Bonchev–Trinajstić information content (AvgIpc) is 2.55. The maximum atomic E-state index is 12.8. The first-order valence-corrected chi connectivity index (χ1v) is 9.30. The Bertz CT molecular complexity index is 847. The molecule has 0 fully saturated rings. The summed E-state index contributed by atoms with van der Waals surface area (Å²) in [6.45, 7) is 3.47. The molecule has 0 aromatic heterocycles. The molecular formula is C18H21NO4S. The van der Waals surface area contributed by atoms with Crippen LogP contribution in [0.15, 0.2) is 53.4 Å². The summed E-state index contributed by atoms with van der Waals surface area (Å²) in [4.78, 5) is 12.9. The van der Waals surface area contributed by atoms with Crippen molar-refractivity contribution in [2.75, 3.05) is 18.7 Å².